The van der Waals surface area contributed by atoms with Gasteiger partial charge in [0.2, 0.25) is 0 Å². The Morgan fingerprint density at radius 1 is 1.29 bits per heavy atom. The number of thiophene rings is 1. The number of hydrogen-bond acceptors (Lipinski definition) is 2. The minimum atomic E-state index is 0. The maximum absolute atomic E-state index is 3.75. The molecule has 1 N–H and O–H groups in total. The van der Waals surface area contributed by atoms with Crippen LogP contribution < -0.4 is 5.32 Å². The third-order valence-corrected chi connectivity index (χ3v) is 4.61. The maximum atomic E-state index is 3.75. The van der Waals surface area contributed by atoms with Crippen molar-refractivity contribution in [2.24, 2.45) is 0 Å². The lowest BCUT2D eigenvalue weighted by atomic mass is 9.74. The van der Waals surface area contributed by atoms with Crippen LogP contribution in [0.1, 0.15) is 36.1 Å². The van der Waals surface area contributed by atoms with E-state index < -0.39 is 0 Å². The van der Waals surface area contributed by atoms with Gasteiger partial charge in [-0.2, -0.15) is 0 Å². The highest BCUT2D eigenvalue weighted by atomic mass is 35.5. The van der Waals surface area contributed by atoms with Crippen LogP contribution in [0.15, 0.2) is 11.4 Å². The molecule has 0 amide bonds. The Hall–Kier alpha value is -0.0500. The fraction of sp³-hybridized carbons (Fsp3) is 0.636. The van der Waals surface area contributed by atoms with Crippen molar-refractivity contribution in [3.05, 3.63) is 21.9 Å². The molecule has 1 aliphatic heterocycles. The second-order valence-corrected chi connectivity index (χ2v) is 5.36. The molecule has 1 aliphatic carbocycles. The molecule has 1 nitrogen and oxygen atoms in total. The smallest absolute Gasteiger partial charge is 0.0307 e. The molecule has 1 aromatic rings. The van der Waals surface area contributed by atoms with Crippen molar-refractivity contribution >= 4 is 23.7 Å². The van der Waals surface area contributed by atoms with Crippen molar-refractivity contribution in [3.63, 3.8) is 0 Å². The molecule has 0 saturated heterocycles. The summed E-state index contributed by atoms with van der Waals surface area (Å²) in [4.78, 5) is 1.57. The lowest BCUT2D eigenvalue weighted by Gasteiger charge is -2.42. The lowest BCUT2D eigenvalue weighted by Crippen LogP contribution is -2.49. The van der Waals surface area contributed by atoms with Crippen molar-refractivity contribution in [2.75, 3.05) is 0 Å². The largest absolute Gasteiger partial charge is 0.306 e. The van der Waals surface area contributed by atoms with Gasteiger partial charge >= 0.3 is 0 Å². The minimum Gasteiger partial charge on any atom is -0.306 e. The van der Waals surface area contributed by atoms with E-state index >= 15 is 0 Å². The van der Waals surface area contributed by atoms with Gasteiger partial charge in [0.05, 0.1) is 0 Å². The molecule has 2 aliphatic rings. The first-order chi connectivity index (χ1) is 6.38. The molecule has 0 radical (unpaired) electrons. The summed E-state index contributed by atoms with van der Waals surface area (Å²) in [5, 5.41) is 5.97. The van der Waals surface area contributed by atoms with E-state index in [0.717, 1.165) is 6.54 Å². The molecule has 1 aromatic heterocycles. The predicted molar refractivity (Wildman–Crippen MR) is 63.3 cm³/mol. The van der Waals surface area contributed by atoms with Crippen LogP contribution in [0.3, 0.4) is 0 Å². The molecule has 78 valence electrons. The van der Waals surface area contributed by atoms with Gasteiger partial charge < -0.3 is 5.32 Å². The second-order valence-electron chi connectivity index (χ2n) is 4.36. The van der Waals surface area contributed by atoms with Crippen LogP contribution in [-0.2, 0) is 13.0 Å². The number of aryl methyl sites for hydroxylation is 1. The van der Waals surface area contributed by atoms with Gasteiger partial charge in [0.1, 0.15) is 0 Å². The van der Waals surface area contributed by atoms with E-state index in [2.05, 4.69) is 16.8 Å². The fourth-order valence-corrected chi connectivity index (χ4v) is 3.38. The van der Waals surface area contributed by atoms with Crippen molar-refractivity contribution in [2.45, 2.75) is 44.2 Å². The summed E-state index contributed by atoms with van der Waals surface area (Å²) in [7, 11) is 0. The van der Waals surface area contributed by atoms with E-state index in [1.165, 1.54) is 32.1 Å². The van der Waals surface area contributed by atoms with Gasteiger partial charge in [0.25, 0.3) is 0 Å². The van der Waals surface area contributed by atoms with E-state index in [0.29, 0.717) is 5.54 Å². The zero-order valence-electron chi connectivity index (χ0n) is 8.21. The standard InChI is InChI=1S/C11H15NS.ClH/c1-4-11(5-1)6-2-9-3-7-13-10(9)8-12-11;/h3,7,12H,1-2,4-6,8H2;1H. The highest BCUT2D eigenvalue weighted by Gasteiger charge is 2.37. The predicted octanol–water partition coefficient (Wildman–Crippen LogP) is 3.13. The quantitative estimate of drug-likeness (QED) is 0.721. The van der Waals surface area contributed by atoms with E-state index in [9.17, 15) is 0 Å². The Labute approximate surface area is 95.3 Å². The summed E-state index contributed by atoms with van der Waals surface area (Å²) in [6, 6.07) is 2.30. The Bertz CT molecular complexity index is 292. The minimum absolute atomic E-state index is 0. The molecule has 2 heterocycles. The molecule has 1 fully saturated rings. The normalized spacial score (nSPS) is 23.1. The van der Waals surface area contributed by atoms with E-state index in [-0.39, 0.29) is 12.4 Å². The van der Waals surface area contributed by atoms with E-state index in [1.54, 1.807) is 10.4 Å². The molecular weight excluding hydrogens is 214 g/mol. The summed E-state index contributed by atoms with van der Waals surface area (Å²) in [5.41, 5.74) is 2.14. The first-order valence-corrected chi connectivity index (χ1v) is 6.06. The van der Waals surface area contributed by atoms with Gasteiger partial charge in [-0.05, 0) is 49.1 Å². The van der Waals surface area contributed by atoms with Gasteiger partial charge in [-0.15, -0.1) is 23.7 Å². The van der Waals surface area contributed by atoms with Gasteiger partial charge in [0, 0.05) is 17.0 Å². The summed E-state index contributed by atoms with van der Waals surface area (Å²) < 4.78 is 0. The van der Waals surface area contributed by atoms with Crippen molar-refractivity contribution < 1.29 is 0 Å². The molecule has 1 saturated carbocycles. The Kier molecular flexibility index (Phi) is 2.87. The Morgan fingerprint density at radius 2 is 2.14 bits per heavy atom. The molecule has 14 heavy (non-hydrogen) atoms. The van der Waals surface area contributed by atoms with Gasteiger partial charge in [-0.25, -0.2) is 0 Å². The average Bonchev–Trinajstić information content (AvgIpc) is 2.43. The van der Waals surface area contributed by atoms with Crippen LogP contribution in [-0.4, -0.2) is 5.54 Å². The lowest BCUT2D eigenvalue weighted by molar-refractivity contribution is 0.174. The average molecular weight is 230 g/mol. The Balaban J connectivity index is 0.000000750. The van der Waals surface area contributed by atoms with Crippen LogP contribution in [0.2, 0.25) is 0 Å². The van der Waals surface area contributed by atoms with Gasteiger partial charge in [0.15, 0.2) is 0 Å². The topological polar surface area (TPSA) is 12.0 Å². The number of nitrogens with one attached hydrogen (secondary N) is 1. The van der Waals surface area contributed by atoms with E-state index in [1.807, 2.05) is 11.3 Å². The van der Waals surface area contributed by atoms with Crippen LogP contribution >= 0.6 is 23.7 Å². The zero-order valence-corrected chi connectivity index (χ0v) is 9.85. The number of hydrogen-bond donors (Lipinski definition) is 1. The van der Waals surface area contributed by atoms with Crippen LogP contribution in [0.5, 0.6) is 0 Å². The molecule has 3 heteroatoms. The number of halogens is 1. The molecule has 0 aromatic carbocycles. The molecule has 1 spiro atoms. The molecule has 0 bridgehead atoms. The van der Waals surface area contributed by atoms with Crippen LogP contribution in [0.25, 0.3) is 0 Å². The monoisotopic (exact) mass is 229 g/mol. The van der Waals surface area contributed by atoms with E-state index in [4.69, 9.17) is 0 Å². The number of fused-ring (bicyclic) bond motifs is 1. The van der Waals surface area contributed by atoms with Crippen molar-refractivity contribution in [1.29, 1.82) is 0 Å². The van der Waals surface area contributed by atoms with Crippen LogP contribution in [0.4, 0.5) is 0 Å². The summed E-state index contributed by atoms with van der Waals surface area (Å²) in [5.74, 6) is 0. The molecular formula is C11H16ClNS. The Morgan fingerprint density at radius 3 is 2.86 bits per heavy atom. The number of rotatable bonds is 0. The summed E-state index contributed by atoms with van der Waals surface area (Å²) >= 11 is 1.91. The third kappa shape index (κ3) is 1.60. The van der Waals surface area contributed by atoms with Crippen molar-refractivity contribution in [3.8, 4) is 0 Å². The maximum Gasteiger partial charge on any atom is 0.0307 e. The molecule has 3 rings (SSSR count). The SMILES string of the molecule is Cl.c1cc2c(s1)CNC1(CCC1)CC2. The van der Waals surface area contributed by atoms with Crippen LogP contribution in [0, 0.1) is 0 Å². The van der Waals surface area contributed by atoms with Crippen molar-refractivity contribution in [1.82, 2.24) is 5.32 Å². The first kappa shape index (κ1) is 10.5. The highest BCUT2D eigenvalue weighted by molar-refractivity contribution is 7.10. The zero-order chi connectivity index (χ0) is 8.73. The third-order valence-electron chi connectivity index (χ3n) is 3.65. The van der Waals surface area contributed by atoms with Gasteiger partial charge in [-0.3, -0.25) is 0 Å². The molecule has 0 unspecified atom stereocenters. The highest BCUT2D eigenvalue weighted by Crippen LogP contribution is 2.38. The fourth-order valence-electron chi connectivity index (χ4n) is 2.51. The summed E-state index contributed by atoms with van der Waals surface area (Å²) in [6.07, 6.45) is 6.90. The second kappa shape index (κ2) is 3.84. The summed E-state index contributed by atoms with van der Waals surface area (Å²) in [6.45, 7) is 1.12. The first-order valence-electron chi connectivity index (χ1n) is 5.18. The van der Waals surface area contributed by atoms with Gasteiger partial charge in [-0.1, -0.05) is 0 Å². The molecule has 0 atom stereocenters.